The minimum absolute atomic E-state index is 0.0124. The normalized spacial score (nSPS) is 17.6. The number of nitrogens with two attached hydrogens (primary N) is 1. The number of fused-ring (bicyclic) bond motifs is 1. The van der Waals surface area contributed by atoms with Gasteiger partial charge in [-0.1, -0.05) is 0 Å². The number of aromatic nitrogens is 3. The molecule has 2 aromatic heterocycles. The van der Waals surface area contributed by atoms with Crippen LogP contribution < -0.4 is 11.3 Å². The summed E-state index contributed by atoms with van der Waals surface area (Å²) < 4.78 is 6.86. The Labute approximate surface area is 115 Å². The lowest BCUT2D eigenvalue weighted by atomic mass is 10.0. The standard InChI is InChI=1S/C14H16N4O2/c1-3-18-12-10(8(2)16-14(15)17-12)6-11(13(18)19)9-4-5-20-7-9/h4-6,9H,3,7H2,1-2H3,(H2,15,16,17). The van der Waals surface area contributed by atoms with Crippen molar-refractivity contribution >= 4 is 17.0 Å². The summed E-state index contributed by atoms with van der Waals surface area (Å²) in [5.74, 6) is 0.176. The molecule has 2 aromatic rings. The van der Waals surface area contributed by atoms with Crippen molar-refractivity contribution in [2.75, 3.05) is 12.3 Å². The Kier molecular flexibility index (Phi) is 2.93. The molecule has 1 aliphatic heterocycles. The predicted octanol–water partition coefficient (Wildman–Crippen LogP) is 1.33. The van der Waals surface area contributed by atoms with Crippen molar-refractivity contribution in [3.8, 4) is 0 Å². The van der Waals surface area contributed by atoms with Gasteiger partial charge in [0.1, 0.15) is 5.65 Å². The molecule has 0 spiro atoms. The summed E-state index contributed by atoms with van der Waals surface area (Å²) in [5, 5.41) is 0.857. The van der Waals surface area contributed by atoms with Crippen LogP contribution in [0.3, 0.4) is 0 Å². The second-order valence-electron chi connectivity index (χ2n) is 4.82. The molecule has 6 nitrogen and oxygen atoms in total. The molecule has 0 aromatic carbocycles. The molecule has 0 aliphatic carbocycles. The molecule has 104 valence electrons. The zero-order valence-electron chi connectivity index (χ0n) is 11.5. The van der Waals surface area contributed by atoms with Gasteiger partial charge in [-0.2, -0.15) is 4.98 Å². The molecule has 3 rings (SSSR count). The monoisotopic (exact) mass is 272 g/mol. The third kappa shape index (κ3) is 1.84. The van der Waals surface area contributed by atoms with Crippen LogP contribution in [-0.4, -0.2) is 21.1 Å². The maximum absolute atomic E-state index is 12.6. The van der Waals surface area contributed by atoms with Crippen LogP contribution in [0.4, 0.5) is 5.95 Å². The molecule has 0 saturated carbocycles. The van der Waals surface area contributed by atoms with Crippen LogP contribution >= 0.6 is 0 Å². The highest BCUT2D eigenvalue weighted by Crippen LogP contribution is 2.24. The first-order valence-corrected chi connectivity index (χ1v) is 6.57. The van der Waals surface area contributed by atoms with Crippen LogP contribution in [0, 0.1) is 6.92 Å². The van der Waals surface area contributed by atoms with Crippen LogP contribution in [0.1, 0.15) is 24.1 Å². The van der Waals surface area contributed by atoms with E-state index in [4.69, 9.17) is 10.5 Å². The summed E-state index contributed by atoms with van der Waals surface area (Å²) in [6.45, 7) is 4.82. The fourth-order valence-electron chi connectivity index (χ4n) is 2.55. The number of hydrogen-bond acceptors (Lipinski definition) is 5. The van der Waals surface area contributed by atoms with E-state index < -0.39 is 0 Å². The Hall–Kier alpha value is -2.37. The number of nitrogens with zero attached hydrogens (tertiary/aromatic N) is 3. The molecule has 0 bridgehead atoms. The van der Waals surface area contributed by atoms with Gasteiger partial charge in [-0.25, -0.2) is 4.98 Å². The number of anilines is 1. The van der Waals surface area contributed by atoms with Crippen molar-refractivity contribution < 1.29 is 4.74 Å². The van der Waals surface area contributed by atoms with E-state index >= 15 is 0 Å². The van der Waals surface area contributed by atoms with E-state index in [2.05, 4.69) is 9.97 Å². The first kappa shape index (κ1) is 12.7. The Morgan fingerprint density at radius 3 is 2.95 bits per heavy atom. The van der Waals surface area contributed by atoms with Crippen molar-refractivity contribution in [1.82, 2.24) is 14.5 Å². The summed E-state index contributed by atoms with van der Waals surface area (Å²) in [6, 6.07) is 1.86. The Morgan fingerprint density at radius 2 is 2.30 bits per heavy atom. The summed E-state index contributed by atoms with van der Waals surface area (Å²) in [4.78, 5) is 21.0. The van der Waals surface area contributed by atoms with Crippen molar-refractivity contribution in [2.45, 2.75) is 26.3 Å². The van der Waals surface area contributed by atoms with Gasteiger partial charge < -0.3 is 10.5 Å². The van der Waals surface area contributed by atoms with Crippen molar-refractivity contribution in [2.24, 2.45) is 0 Å². The maximum Gasteiger partial charge on any atom is 0.256 e. The molecule has 1 atom stereocenters. The van der Waals surface area contributed by atoms with Crippen LogP contribution in [0.2, 0.25) is 0 Å². The highest BCUT2D eigenvalue weighted by atomic mass is 16.5. The van der Waals surface area contributed by atoms with Gasteiger partial charge in [0, 0.05) is 23.4 Å². The number of pyridine rings is 1. The van der Waals surface area contributed by atoms with Crippen LogP contribution in [0.25, 0.3) is 11.0 Å². The number of aryl methyl sites for hydroxylation is 2. The lowest BCUT2D eigenvalue weighted by Gasteiger charge is -2.14. The second kappa shape index (κ2) is 4.63. The van der Waals surface area contributed by atoms with Crippen molar-refractivity contribution in [3.05, 3.63) is 40.0 Å². The largest absolute Gasteiger partial charge is 0.501 e. The third-order valence-electron chi connectivity index (χ3n) is 3.58. The molecule has 1 unspecified atom stereocenters. The number of hydrogen-bond donors (Lipinski definition) is 1. The summed E-state index contributed by atoms with van der Waals surface area (Å²) in [5.41, 5.74) is 7.73. The molecule has 0 amide bonds. The maximum atomic E-state index is 12.6. The fraction of sp³-hybridized carbons (Fsp3) is 0.357. The SMILES string of the molecule is CCn1c(=O)c(C2C=COC2)cc2c(C)nc(N)nc21. The summed E-state index contributed by atoms with van der Waals surface area (Å²) >= 11 is 0. The van der Waals surface area contributed by atoms with Gasteiger partial charge in [0.15, 0.2) is 0 Å². The van der Waals surface area contributed by atoms with E-state index in [9.17, 15) is 4.79 Å². The lowest BCUT2D eigenvalue weighted by Crippen LogP contribution is -2.26. The minimum atomic E-state index is -0.0438. The number of nitrogen functional groups attached to an aromatic ring is 1. The highest BCUT2D eigenvalue weighted by molar-refractivity contribution is 5.79. The minimum Gasteiger partial charge on any atom is -0.501 e. The average Bonchev–Trinajstić information content (AvgIpc) is 2.92. The molecular weight excluding hydrogens is 256 g/mol. The quantitative estimate of drug-likeness (QED) is 0.891. The Bertz CT molecular complexity index is 764. The van der Waals surface area contributed by atoms with E-state index in [0.29, 0.717) is 24.4 Å². The van der Waals surface area contributed by atoms with Gasteiger partial charge in [-0.05, 0) is 26.0 Å². The van der Waals surface area contributed by atoms with Gasteiger partial charge in [0.05, 0.1) is 18.6 Å². The highest BCUT2D eigenvalue weighted by Gasteiger charge is 2.20. The van der Waals surface area contributed by atoms with Gasteiger partial charge in [0.2, 0.25) is 5.95 Å². The Morgan fingerprint density at radius 1 is 1.50 bits per heavy atom. The number of ether oxygens (including phenoxy) is 1. The predicted molar refractivity (Wildman–Crippen MR) is 76.5 cm³/mol. The molecule has 3 heterocycles. The summed E-state index contributed by atoms with van der Waals surface area (Å²) in [6.07, 6.45) is 3.53. The molecule has 0 radical (unpaired) electrons. The number of rotatable bonds is 2. The molecule has 0 fully saturated rings. The first-order chi connectivity index (χ1) is 9.61. The average molecular weight is 272 g/mol. The molecule has 0 saturated heterocycles. The van der Waals surface area contributed by atoms with Crippen molar-refractivity contribution in [3.63, 3.8) is 0 Å². The van der Waals surface area contributed by atoms with E-state index in [0.717, 1.165) is 11.1 Å². The molecule has 1 aliphatic rings. The van der Waals surface area contributed by atoms with E-state index in [1.54, 1.807) is 10.8 Å². The zero-order chi connectivity index (χ0) is 14.3. The molecule has 6 heteroatoms. The van der Waals surface area contributed by atoms with Crippen LogP contribution in [-0.2, 0) is 11.3 Å². The fourth-order valence-corrected chi connectivity index (χ4v) is 2.55. The van der Waals surface area contributed by atoms with Crippen LogP contribution in [0.5, 0.6) is 0 Å². The van der Waals surface area contributed by atoms with E-state index in [1.165, 1.54) is 0 Å². The lowest BCUT2D eigenvalue weighted by molar-refractivity contribution is 0.269. The zero-order valence-corrected chi connectivity index (χ0v) is 11.5. The smallest absolute Gasteiger partial charge is 0.256 e. The first-order valence-electron chi connectivity index (χ1n) is 6.57. The topological polar surface area (TPSA) is 83.0 Å². The Balaban J connectivity index is 2.36. The van der Waals surface area contributed by atoms with Gasteiger partial charge in [-0.15, -0.1) is 0 Å². The van der Waals surface area contributed by atoms with Gasteiger partial charge >= 0.3 is 0 Å². The van der Waals surface area contributed by atoms with E-state index in [-0.39, 0.29) is 17.4 Å². The van der Waals surface area contributed by atoms with E-state index in [1.807, 2.05) is 26.0 Å². The van der Waals surface area contributed by atoms with Crippen LogP contribution in [0.15, 0.2) is 23.2 Å². The second-order valence-corrected chi connectivity index (χ2v) is 4.82. The summed E-state index contributed by atoms with van der Waals surface area (Å²) in [7, 11) is 0. The van der Waals surface area contributed by atoms with Gasteiger partial charge in [-0.3, -0.25) is 9.36 Å². The third-order valence-corrected chi connectivity index (χ3v) is 3.58. The molecule has 2 N–H and O–H groups in total. The molecular formula is C14H16N4O2. The molecule has 20 heavy (non-hydrogen) atoms. The van der Waals surface area contributed by atoms with Gasteiger partial charge in [0.25, 0.3) is 5.56 Å². The van der Waals surface area contributed by atoms with Crippen molar-refractivity contribution in [1.29, 1.82) is 0 Å².